The molecule has 0 unspecified atom stereocenters. The standard InChI is InChI=1S/C12H11N3O3/c1-8-4-5-10(9(7-8)3-2-6-16)15-11(17)13-14-12(15)18/h4-5,7,16H,6H2,1H3,(H,13,17)(H,14,18). The van der Waals surface area contributed by atoms with E-state index in [0.29, 0.717) is 11.3 Å². The van der Waals surface area contributed by atoms with Gasteiger partial charge < -0.3 is 5.11 Å². The Morgan fingerprint density at radius 2 is 1.94 bits per heavy atom. The molecule has 0 saturated heterocycles. The summed E-state index contributed by atoms with van der Waals surface area (Å²) in [6.45, 7) is 1.59. The fourth-order valence-corrected chi connectivity index (χ4v) is 1.61. The monoisotopic (exact) mass is 245 g/mol. The van der Waals surface area contributed by atoms with Gasteiger partial charge in [0.05, 0.1) is 5.69 Å². The predicted molar refractivity (Wildman–Crippen MR) is 65.7 cm³/mol. The van der Waals surface area contributed by atoms with Gasteiger partial charge in [0.2, 0.25) is 0 Å². The number of aromatic amines is 2. The average Bonchev–Trinajstić information content (AvgIpc) is 2.67. The van der Waals surface area contributed by atoms with Crippen molar-refractivity contribution in [3.05, 3.63) is 50.3 Å². The third-order valence-corrected chi connectivity index (χ3v) is 2.38. The van der Waals surface area contributed by atoms with E-state index in [2.05, 4.69) is 22.0 Å². The molecule has 0 aliphatic heterocycles. The number of nitrogens with one attached hydrogen (secondary N) is 2. The first-order chi connectivity index (χ1) is 8.63. The molecular weight excluding hydrogens is 234 g/mol. The summed E-state index contributed by atoms with van der Waals surface area (Å²) >= 11 is 0. The molecule has 0 amide bonds. The van der Waals surface area contributed by atoms with Crippen molar-refractivity contribution in [3.63, 3.8) is 0 Å². The molecule has 6 heteroatoms. The van der Waals surface area contributed by atoms with Crippen LogP contribution in [0.4, 0.5) is 0 Å². The Kier molecular flexibility index (Phi) is 3.17. The lowest BCUT2D eigenvalue weighted by Gasteiger charge is -2.04. The van der Waals surface area contributed by atoms with Crippen LogP contribution >= 0.6 is 0 Å². The number of benzene rings is 1. The normalized spacial score (nSPS) is 9.89. The highest BCUT2D eigenvalue weighted by atomic mass is 16.2. The second kappa shape index (κ2) is 4.77. The molecule has 0 spiro atoms. The van der Waals surface area contributed by atoms with Gasteiger partial charge in [0.1, 0.15) is 6.61 Å². The van der Waals surface area contributed by atoms with Crippen LogP contribution < -0.4 is 11.4 Å². The van der Waals surface area contributed by atoms with Crippen molar-refractivity contribution in [2.45, 2.75) is 6.92 Å². The molecule has 1 aromatic heterocycles. The molecule has 3 N–H and O–H groups in total. The van der Waals surface area contributed by atoms with Gasteiger partial charge in [-0.25, -0.2) is 24.4 Å². The van der Waals surface area contributed by atoms with E-state index in [1.165, 1.54) is 0 Å². The maximum Gasteiger partial charge on any atom is 0.349 e. The van der Waals surface area contributed by atoms with Gasteiger partial charge in [0.15, 0.2) is 0 Å². The Morgan fingerprint density at radius 3 is 2.56 bits per heavy atom. The maximum absolute atomic E-state index is 11.5. The van der Waals surface area contributed by atoms with E-state index >= 15 is 0 Å². The number of H-pyrrole nitrogens is 2. The van der Waals surface area contributed by atoms with Crippen molar-refractivity contribution in [3.8, 4) is 17.5 Å². The summed E-state index contributed by atoms with van der Waals surface area (Å²) in [7, 11) is 0. The zero-order valence-corrected chi connectivity index (χ0v) is 9.65. The summed E-state index contributed by atoms with van der Waals surface area (Å²) in [5, 5.41) is 13.1. The van der Waals surface area contributed by atoms with E-state index in [0.717, 1.165) is 10.1 Å². The first-order valence-corrected chi connectivity index (χ1v) is 5.24. The molecule has 0 atom stereocenters. The third-order valence-electron chi connectivity index (χ3n) is 2.38. The Bertz CT molecular complexity index is 713. The highest BCUT2D eigenvalue weighted by Crippen LogP contribution is 2.12. The van der Waals surface area contributed by atoms with Crippen LogP contribution in [0, 0.1) is 18.8 Å². The number of hydrogen-bond acceptors (Lipinski definition) is 3. The number of aromatic nitrogens is 3. The van der Waals surface area contributed by atoms with Gasteiger partial charge in [0, 0.05) is 5.56 Å². The van der Waals surface area contributed by atoms with Gasteiger partial charge in [-0.1, -0.05) is 17.9 Å². The Balaban J connectivity index is 2.72. The largest absolute Gasteiger partial charge is 0.384 e. The molecule has 1 heterocycles. The average molecular weight is 245 g/mol. The smallest absolute Gasteiger partial charge is 0.349 e. The minimum absolute atomic E-state index is 0.286. The summed E-state index contributed by atoms with van der Waals surface area (Å²) < 4.78 is 0.959. The molecule has 18 heavy (non-hydrogen) atoms. The summed E-state index contributed by atoms with van der Waals surface area (Å²) in [5.74, 6) is 5.22. The van der Waals surface area contributed by atoms with Crippen LogP contribution in [0.5, 0.6) is 0 Å². The molecule has 0 aliphatic carbocycles. The molecule has 1 aromatic carbocycles. The van der Waals surface area contributed by atoms with E-state index < -0.39 is 11.4 Å². The SMILES string of the molecule is Cc1ccc(-n2c(=O)[nH][nH]c2=O)c(C#CCO)c1. The van der Waals surface area contributed by atoms with Crippen LogP contribution in [-0.2, 0) is 0 Å². The van der Waals surface area contributed by atoms with Gasteiger partial charge in [-0.15, -0.1) is 0 Å². The number of rotatable bonds is 1. The fraction of sp³-hybridized carbons (Fsp3) is 0.167. The van der Waals surface area contributed by atoms with Crippen molar-refractivity contribution in [1.82, 2.24) is 14.8 Å². The molecule has 0 radical (unpaired) electrons. The van der Waals surface area contributed by atoms with Crippen LogP contribution in [0.1, 0.15) is 11.1 Å². The lowest BCUT2D eigenvalue weighted by Crippen LogP contribution is -2.25. The van der Waals surface area contributed by atoms with E-state index in [9.17, 15) is 9.59 Å². The number of aliphatic hydroxyl groups is 1. The van der Waals surface area contributed by atoms with Crippen molar-refractivity contribution < 1.29 is 5.11 Å². The van der Waals surface area contributed by atoms with Gasteiger partial charge >= 0.3 is 11.4 Å². The first kappa shape index (κ1) is 12.0. The summed E-state index contributed by atoms with van der Waals surface area (Å²) in [6.07, 6.45) is 0. The lowest BCUT2D eigenvalue weighted by molar-refractivity contribution is 0.350. The summed E-state index contributed by atoms with van der Waals surface area (Å²) in [4.78, 5) is 23.1. The van der Waals surface area contributed by atoms with Gasteiger partial charge in [-0.2, -0.15) is 0 Å². The minimum atomic E-state index is -0.559. The minimum Gasteiger partial charge on any atom is -0.384 e. The fourth-order valence-electron chi connectivity index (χ4n) is 1.61. The van der Waals surface area contributed by atoms with Gasteiger partial charge in [-0.05, 0) is 24.6 Å². The Hall–Kier alpha value is -2.52. The first-order valence-electron chi connectivity index (χ1n) is 5.24. The number of aliphatic hydroxyl groups excluding tert-OH is 1. The van der Waals surface area contributed by atoms with Crippen molar-refractivity contribution in [2.75, 3.05) is 6.61 Å². The Morgan fingerprint density at radius 1 is 1.28 bits per heavy atom. The molecule has 6 nitrogen and oxygen atoms in total. The summed E-state index contributed by atoms with van der Waals surface area (Å²) in [6, 6.07) is 5.16. The number of nitrogens with zero attached hydrogens (tertiary/aromatic N) is 1. The number of hydrogen-bond donors (Lipinski definition) is 3. The van der Waals surface area contributed by atoms with E-state index in [4.69, 9.17) is 5.11 Å². The lowest BCUT2D eigenvalue weighted by atomic mass is 10.1. The second-order valence-corrected chi connectivity index (χ2v) is 3.68. The zero-order chi connectivity index (χ0) is 13.1. The molecule has 0 saturated carbocycles. The van der Waals surface area contributed by atoms with Crippen LogP contribution in [0.3, 0.4) is 0 Å². The van der Waals surface area contributed by atoms with Crippen LogP contribution in [0.25, 0.3) is 5.69 Å². The van der Waals surface area contributed by atoms with Crippen LogP contribution in [0.15, 0.2) is 27.8 Å². The molecule has 2 rings (SSSR count). The van der Waals surface area contributed by atoms with Crippen molar-refractivity contribution >= 4 is 0 Å². The van der Waals surface area contributed by atoms with Gasteiger partial charge in [-0.3, -0.25) is 0 Å². The molecule has 2 aromatic rings. The Labute approximate surface area is 102 Å². The molecular formula is C12H11N3O3. The predicted octanol–water partition coefficient (Wildman–Crippen LogP) is -0.494. The molecule has 0 aliphatic rings. The third kappa shape index (κ3) is 2.12. The topological polar surface area (TPSA) is 90.9 Å². The van der Waals surface area contributed by atoms with E-state index in [1.807, 2.05) is 6.92 Å². The zero-order valence-electron chi connectivity index (χ0n) is 9.65. The summed E-state index contributed by atoms with van der Waals surface area (Å²) in [5.41, 5.74) is 0.720. The van der Waals surface area contributed by atoms with E-state index in [-0.39, 0.29) is 6.61 Å². The van der Waals surface area contributed by atoms with Gasteiger partial charge in [0.25, 0.3) is 0 Å². The molecule has 0 bridgehead atoms. The quantitative estimate of drug-likeness (QED) is 0.592. The molecule has 92 valence electrons. The van der Waals surface area contributed by atoms with Crippen molar-refractivity contribution in [2.24, 2.45) is 0 Å². The van der Waals surface area contributed by atoms with Crippen molar-refractivity contribution in [1.29, 1.82) is 0 Å². The highest BCUT2D eigenvalue weighted by Gasteiger charge is 2.09. The highest BCUT2D eigenvalue weighted by molar-refractivity contribution is 5.52. The van der Waals surface area contributed by atoms with Crippen LogP contribution in [-0.4, -0.2) is 26.5 Å². The van der Waals surface area contributed by atoms with Crippen LogP contribution in [0.2, 0.25) is 0 Å². The van der Waals surface area contributed by atoms with E-state index in [1.54, 1.807) is 18.2 Å². The number of aryl methyl sites for hydroxylation is 1. The maximum atomic E-state index is 11.5. The second-order valence-electron chi connectivity index (χ2n) is 3.68. The molecule has 0 fully saturated rings.